The van der Waals surface area contributed by atoms with Crippen LogP contribution in [0, 0.1) is 0 Å². The molecular formula is H10CoN8-6. The minimum atomic E-state index is 0. The summed E-state index contributed by atoms with van der Waals surface area (Å²) in [6, 6.07) is 0. The Hall–Kier alpha value is -0.384. The van der Waals surface area contributed by atoms with Crippen LogP contribution in [0.25, 0.3) is 46.7 Å². The van der Waals surface area contributed by atoms with Crippen LogP contribution in [-0.2, 0) is 16.8 Å². The summed E-state index contributed by atoms with van der Waals surface area (Å²) in [6.07, 6.45) is 0. The molecule has 9 heteroatoms. The van der Waals surface area contributed by atoms with Gasteiger partial charge in [-0.15, -0.1) is 0 Å². The molecule has 0 atom stereocenters. The van der Waals surface area contributed by atoms with E-state index in [1.165, 1.54) is 4.91 Å². The smallest absolute Gasteiger partial charge is 0 e. The van der Waals surface area contributed by atoms with Crippen LogP contribution >= 0.6 is 0 Å². The van der Waals surface area contributed by atoms with Gasteiger partial charge in [-0.1, -0.05) is 0 Å². The van der Waals surface area contributed by atoms with Crippen molar-refractivity contribution in [3.05, 3.63) is 46.7 Å². The molecule has 9 heavy (non-hydrogen) atoms. The summed E-state index contributed by atoms with van der Waals surface area (Å²) in [7, 11) is 0. The second kappa shape index (κ2) is 877. The third-order valence-corrected chi connectivity index (χ3v) is 0. The average Bonchev–Trinajstić information content (AvgIpc) is 0.918. The van der Waals surface area contributed by atoms with Crippen molar-refractivity contribution in [1.29, 1.82) is 0 Å². The number of nitrogens with two attached hydrogens (primary N) is 5. The predicted octanol–water partition coefficient (Wildman–Crippen LogP) is 4.45. The number of nitrogens with zero attached hydrogens (tertiary/aromatic N) is 3. The van der Waals surface area contributed by atoms with Gasteiger partial charge >= 0.3 is 0 Å². The first-order valence-electron chi connectivity index (χ1n) is 0.400. The van der Waals surface area contributed by atoms with Gasteiger partial charge in [-0.05, 0) is 0 Å². The van der Waals surface area contributed by atoms with Crippen LogP contribution in [-0.4, -0.2) is 0 Å². The van der Waals surface area contributed by atoms with Gasteiger partial charge in [0.2, 0.25) is 0 Å². The fraction of sp³-hybridized carbons (Fsp3) is 0. The first-order valence-corrected chi connectivity index (χ1v) is 0.400. The van der Waals surface area contributed by atoms with Gasteiger partial charge in [0.25, 0.3) is 0 Å². The zero-order chi connectivity index (χ0) is 2.71. The average molecular weight is 181 g/mol. The van der Waals surface area contributed by atoms with Crippen LogP contribution in [0.3, 0.4) is 0 Å². The first kappa shape index (κ1) is 191. The van der Waals surface area contributed by atoms with Crippen molar-refractivity contribution in [2.75, 3.05) is 0 Å². The molecule has 0 aliphatic rings. The van der Waals surface area contributed by atoms with Crippen molar-refractivity contribution >= 4 is 0 Å². The van der Waals surface area contributed by atoms with Gasteiger partial charge in [0, 0.05) is 16.8 Å². The van der Waals surface area contributed by atoms with E-state index in [1.54, 1.807) is 0 Å². The second-order valence-electron chi connectivity index (χ2n) is 0.0894. The summed E-state index contributed by atoms with van der Waals surface area (Å²) < 4.78 is 0. The molecule has 0 fully saturated rings. The maximum Gasteiger partial charge on any atom is 0 e. The van der Waals surface area contributed by atoms with E-state index in [0.29, 0.717) is 0 Å². The Morgan fingerprint density at radius 2 is 0.667 bits per heavy atom. The van der Waals surface area contributed by atoms with Gasteiger partial charge in [0.1, 0.15) is 0 Å². The minimum Gasteiger partial charge on any atom is -0.693 e. The Kier molecular flexibility index (Phi) is 18600. The third kappa shape index (κ3) is 1630. The normalized spacial score (nSPS) is 0.889. The molecule has 65 valence electrons. The Morgan fingerprint density at radius 3 is 0.667 bits per heavy atom. The van der Waals surface area contributed by atoms with Crippen molar-refractivity contribution in [3.63, 3.8) is 0 Å². The van der Waals surface area contributed by atoms with E-state index in [0.717, 1.165) is 0 Å². The number of hydrogen-bond donors (Lipinski definition) is 0. The van der Waals surface area contributed by atoms with Gasteiger partial charge in [0.15, 0.2) is 0 Å². The molecule has 0 aliphatic carbocycles. The fourth-order valence-corrected chi connectivity index (χ4v) is 0. The van der Waals surface area contributed by atoms with Crippen molar-refractivity contribution in [2.24, 2.45) is 0 Å². The van der Waals surface area contributed by atoms with Crippen LogP contribution in [0.15, 0.2) is 0 Å². The van der Waals surface area contributed by atoms with Crippen LogP contribution in [0.2, 0.25) is 0 Å². The molecule has 0 aliphatic heterocycles. The quantitative estimate of drug-likeness (QED) is 0.286. The Morgan fingerprint density at radius 1 is 0.667 bits per heavy atom. The number of rotatable bonds is 0. The molecule has 0 aromatic rings. The third-order valence-electron chi connectivity index (χ3n) is 0. The summed E-state index contributed by atoms with van der Waals surface area (Å²) >= 11 is 0. The molecule has 0 spiro atoms. The maximum atomic E-state index is 6.75. The minimum absolute atomic E-state index is 0. The second-order valence-corrected chi connectivity index (χ2v) is 0.0894. The molecule has 1 radical (unpaired) electrons. The van der Waals surface area contributed by atoms with E-state index in [2.05, 4.69) is 0 Å². The molecule has 8 nitrogen and oxygen atoms in total. The Bertz CT molecular complexity index is 25.5. The zero-order valence-electron chi connectivity index (χ0n) is 4.56. The van der Waals surface area contributed by atoms with Gasteiger partial charge in [0.05, 0.1) is 0 Å². The van der Waals surface area contributed by atoms with Gasteiger partial charge in [-0.2, -0.15) is 0 Å². The topological polar surface area (TPSA) is 226 Å². The van der Waals surface area contributed by atoms with Crippen LogP contribution in [0.1, 0.15) is 0 Å². The molecule has 0 saturated heterocycles. The molecule has 0 amide bonds. The molecule has 0 aromatic carbocycles. The van der Waals surface area contributed by atoms with Crippen LogP contribution in [0.4, 0.5) is 0 Å². The molecule has 0 unspecified atom stereocenters. The summed E-state index contributed by atoms with van der Waals surface area (Å²) in [5.41, 5.74) is 13.5. The van der Waals surface area contributed by atoms with E-state index in [9.17, 15) is 0 Å². The fourth-order valence-electron chi connectivity index (χ4n) is 0. The summed E-state index contributed by atoms with van der Waals surface area (Å²) in [5.74, 6) is 0. The van der Waals surface area contributed by atoms with E-state index in [1.807, 2.05) is 0 Å². The molecule has 0 rings (SSSR count). The van der Waals surface area contributed by atoms with Crippen molar-refractivity contribution < 1.29 is 16.8 Å². The molecule has 0 saturated carbocycles. The van der Waals surface area contributed by atoms with Crippen molar-refractivity contribution in [3.8, 4) is 0 Å². The zero-order valence-corrected chi connectivity index (χ0v) is 5.60. The standard InChI is InChI=1S/Co.N3.5H2N/c;1-3-2;;;;;/h;;5*1H2/q;6*-1. The molecule has 0 heterocycles. The molecule has 0 bridgehead atoms. The SMILES string of the molecule is [Co].[N-]=[N+]=[N-].[NH2-].[NH2-].[NH2-].[NH2-].[NH2-]. The van der Waals surface area contributed by atoms with Crippen molar-refractivity contribution in [2.45, 2.75) is 0 Å². The van der Waals surface area contributed by atoms with Gasteiger partial charge < -0.3 is 41.8 Å². The van der Waals surface area contributed by atoms with Gasteiger partial charge in [-0.25, -0.2) is 0 Å². The first-order chi connectivity index (χ1) is 1.41. The van der Waals surface area contributed by atoms with E-state index < -0.39 is 0 Å². The monoisotopic (exact) mass is 181 g/mol. The van der Waals surface area contributed by atoms with Gasteiger partial charge in [-0.3, -0.25) is 4.91 Å². The largest absolute Gasteiger partial charge is 0.693 e. The van der Waals surface area contributed by atoms with Crippen LogP contribution in [0.5, 0.6) is 0 Å². The van der Waals surface area contributed by atoms with Crippen LogP contribution < -0.4 is 0 Å². The Labute approximate surface area is 64.3 Å². The van der Waals surface area contributed by atoms with E-state index in [4.69, 9.17) is 11.1 Å². The molecular weight excluding hydrogens is 171 g/mol. The Balaban J connectivity index is -0.00000000133. The molecule has 0 aromatic heterocycles. The molecule has 10 N–H and O–H groups in total. The van der Waals surface area contributed by atoms with E-state index >= 15 is 0 Å². The number of hydrogen-bond acceptors (Lipinski definition) is 0. The van der Waals surface area contributed by atoms with Crippen molar-refractivity contribution in [1.82, 2.24) is 0 Å². The summed E-state index contributed by atoms with van der Waals surface area (Å²) in [6.45, 7) is 0. The van der Waals surface area contributed by atoms with E-state index in [-0.39, 0.29) is 47.5 Å². The predicted molar refractivity (Wildman–Crippen MR) is 36.5 cm³/mol. The maximum absolute atomic E-state index is 6.75. The summed E-state index contributed by atoms with van der Waals surface area (Å²) in [4.78, 5) is 1.50. The summed E-state index contributed by atoms with van der Waals surface area (Å²) in [5, 5.41) is 0.